The van der Waals surface area contributed by atoms with E-state index in [1.807, 2.05) is 18.2 Å². The maximum absolute atomic E-state index is 13.2. The summed E-state index contributed by atoms with van der Waals surface area (Å²) in [7, 11) is 0. The molecule has 1 fully saturated rings. The lowest BCUT2D eigenvalue weighted by Gasteiger charge is -2.33. The Morgan fingerprint density at radius 3 is 2.79 bits per heavy atom. The first-order valence-electron chi connectivity index (χ1n) is 12.7. The minimum Gasteiger partial charge on any atom is -0.493 e. The van der Waals surface area contributed by atoms with Crippen LogP contribution in [0.2, 0.25) is 0 Å². The monoisotopic (exact) mass is 464 g/mol. The summed E-state index contributed by atoms with van der Waals surface area (Å²) in [6, 6.07) is 10.0. The van der Waals surface area contributed by atoms with Crippen LogP contribution in [0.25, 0.3) is 0 Å². The van der Waals surface area contributed by atoms with Crippen molar-refractivity contribution in [2.75, 3.05) is 46.1 Å². The van der Waals surface area contributed by atoms with Crippen molar-refractivity contribution in [1.29, 1.82) is 0 Å². The van der Waals surface area contributed by atoms with Gasteiger partial charge in [0.1, 0.15) is 5.75 Å². The Balaban J connectivity index is 1.11. The highest BCUT2D eigenvalue weighted by atomic mass is 16.7. The highest BCUT2D eigenvalue weighted by molar-refractivity contribution is 5.97. The van der Waals surface area contributed by atoms with Crippen LogP contribution in [-0.4, -0.2) is 61.8 Å². The summed E-state index contributed by atoms with van der Waals surface area (Å²) in [5, 5.41) is 0. The van der Waals surface area contributed by atoms with Crippen LogP contribution in [-0.2, 0) is 6.42 Å². The van der Waals surface area contributed by atoms with Crippen molar-refractivity contribution in [3.63, 3.8) is 0 Å². The van der Waals surface area contributed by atoms with Crippen LogP contribution in [0.1, 0.15) is 52.7 Å². The fourth-order valence-corrected chi connectivity index (χ4v) is 5.41. The number of nitrogens with zero attached hydrogens (tertiary/aromatic N) is 2. The number of aryl methyl sites for hydroxylation is 2. The number of carbonyl (C=O) groups is 1. The van der Waals surface area contributed by atoms with Crippen LogP contribution >= 0.6 is 0 Å². The molecule has 0 aliphatic carbocycles. The van der Waals surface area contributed by atoms with E-state index in [4.69, 9.17) is 14.2 Å². The normalized spacial score (nSPS) is 20.2. The van der Waals surface area contributed by atoms with Crippen molar-refractivity contribution in [2.45, 2.75) is 46.0 Å². The van der Waals surface area contributed by atoms with E-state index in [-0.39, 0.29) is 12.7 Å². The fourth-order valence-electron chi connectivity index (χ4n) is 5.41. The van der Waals surface area contributed by atoms with Crippen LogP contribution in [0.5, 0.6) is 17.2 Å². The van der Waals surface area contributed by atoms with E-state index >= 15 is 0 Å². The van der Waals surface area contributed by atoms with E-state index in [0.717, 1.165) is 68.4 Å². The van der Waals surface area contributed by atoms with Gasteiger partial charge in [0, 0.05) is 37.8 Å². The lowest BCUT2D eigenvalue weighted by Crippen LogP contribution is -2.43. The Labute approximate surface area is 202 Å². The summed E-state index contributed by atoms with van der Waals surface area (Å²) in [5.74, 6) is 3.12. The molecule has 3 heterocycles. The molecule has 0 spiro atoms. The average molecular weight is 465 g/mol. The lowest BCUT2D eigenvalue weighted by atomic mass is 9.93. The van der Waals surface area contributed by atoms with E-state index in [0.29, 0.717) is 12.5 Å². The number of rotatable bonds is 7. The molecule has 0 saturated carbocycles. The highest BCUT2D eigenvalue weighted by Gasteiger charge is 2.28. The Hall–Kier alpha value is -2.73. The predicted molar refractivity (Wildman–Crippen MR) is 132 cm³/mol. The molecule has 1 atom stereocenters. The summed E-state index contributed by atoms with van der Waals surface area (Å²) in [4.78, 5) is 17.9. The van der Waals surface area contributed by atoms with Gasteiger partial charge in [0.25, 0.3) is 5.91 Å². The van der Waals surface area contributed by atoms with E-state index < -0.39 is 0 Å². The van der Waals surface area contributed by atoms with Crippen LogP contribution < -0.4 is 14.2 Å². The van der Waals surface area contributed by atoms with E-state index in [9.17, 15) is 4.79 Å². The summed E-state index contributed by atoms with van der Waals surface area (Å²) in [5.41, 5.74) is 4.62. The number of hydrogen-bond donors (Lipinski definition) is 0. The summed E-state index contributed by atoms with van der Waals surface area (Å²) < 4.78 is 16.7. The topological polar surface area (TPSA) is 51.2 Å². The number of hydrogen-bond acceptors (Lipinski definition) is 5. The molecule has 182 valence electrons. The molecular formula is C28H36N2O4. The van der Waals surface area contributed by atoms with Gasteiger partial charge < -0.3 is 24.0 Å². The average Bonchev–Trinajstić information content (AvgIpc) is 3.18. The number of likely N-dealkylation sites (tertiary alicyclic amines) is 1. The molecule has 1 saturated heterocycles. The van der Waals surface area contributed by atoms with Crippen molar-refractivity contribution < 1.29 is 19.0 Å². The molecule has 0 N–H and O–H groups in total. The lowest BCUT2D eigenvalue weighted by molar-refractivity contribution is 0.0695. The highest BCUT2D eigenvalue weighted by Crippen LogP contribution is 2.35. The largest absolute Gasteiger partial charge is 0.493 e. The van der Waals surface area contributed by atoms with Crippen LogP contribution in [0, 0.1) is 19.8 Å². The number of carbonyl (C=O) groups excluding carboxylic acids is 1. The standard InChI is InChI=1S/C28H36N2O4/c1-20-14-23-9-12-30(28(31)25(23)15-21(20)2)18-22-6-3-4-10-29(17-22)11-5-13-32-24-7-8-26-27(16-24)34-19-33-26/h7-8,14-16,22H,3-6,9-13,17-19H2,1-2H3. The van der Waals surface area contributed by atoms with Gasteiger partial charge in [-0.15, -0.1) is 0 Å². The van der Waals surface area contributed by atoms with Gasteiger partial charge in [0.05, 0.1) is 6.61 Å². The third-order valence-electron chi connectivity index (χ3n) is 7.45. The van der Waals surface area contributed by atoms with E-state index in [1.165, 1.54) is 36.0 Å². The molecule has 0 aromatic heterocycles. The molecule has 1 amide bonds. The quantitative estimate of drug-likeness (QED) is 0.561. The Bertz CT molecular complexity index is 1040. The third-order valence-corrected chi connectivity index (χ3v) is 7.45. The molecule has 2 aromatic rings. The first kappa shape index (κ1) is 23.0. The molecule has 5 rings (SSSR count). The molecule has 6 nitrogen and oxygen atoms in total. The van der Waals surface area contributed by atoms with Crippen molar-refractivity contribution in [2.24, 2.45) is 5.92 Å². The second kappa shape index (κ2) is 10.3. The van der Waals surface area contributed by atoms with Crippen molar-refractivity contribution in [3.8, 4) is 17.2 Å². The van der Waals surface area contributed by atoms with Gasteiger partial charge in [-0.2, -0.15) is 0 Å². The zero-order valence-electron chi connectivity index (χ0n) is 20.5. The van der Waals surface area contributed by atoms with Crippen LogP contribution in [0.3, 0.4) is 0 Å². The first-order chi connectivity index (χ1) is 16.6. The van der Waals surface area contributed by atoms with Crippen molar-refractivity contribution >= 4 is 5.91 Å². The van der Waals surface area contributed by atoms with E-state index in [2.05, 4.69) is 35.8 Å². The summed E-state index contributed by atoms with van der Waals surface area (Å²) >= 11 is 0. The first-order valence-corrected chi connectivity index (χ1v) is 12.7. The molecule has 34 heavy (non-hydrogen) atoms. The summed E-state index contributed by atoms with van der Waals surface area (Å²) in [6.07, 6.45) is 5.62. The fraction of sp³-hybridized carbons (Fsp3) is 0.536. The number of amides is 1. The SMILES string of the molecule is Cc1cc2c(cc1C)C(=O)N(CC1CCCCN(CCCOc3ccc4c(c3)OCO4)C1)CC2. The zero-order valence-corrected chi connectivity index (χ0v) is 20.5. The summed E-state index contributed by atoms with van der Waals surface area (Å²) in [6.45, 7) is 10.1. The Kier molecular flexibility index (Phi) is 6.95. The van der Waals surface area contributed by atoms with E-state index in [1.54, 1.807) is 0 Å². The molecule has 3 aliphatic rings. The van der Waals surface area contributed by atoms with Gasteiger partial charge in [-0.05, 0) is 86.9 Å². The number of benzene rings is 2. The second-order valence-corrected chi connectivity index (χ2v) is 9.97. The molecule has 3 aliphatic heterocycles. The number of fused-ring (bicyclic) bond motifs is 2. The molecule has 0 bridgehead atoms. The van der Waals surface area contributed by atoms with Gasteiger partial charge in [-0.1, -0.05) is 12.5 Å². The maximum Gasteiger partial charge on any atom is 0.254 e. The predicted octanol–water partition coefficient (Wildman–Crippen LogP) is 4.60. The number of ether oxygens (including phenoxy) is 3. The van der Waals surface area contributed by atoms with Crippen LogP contribution in [0.4, 0.5) is 0 Å². The van der Waals surface area contributed by atoms with Gasteiger partial charge in [0.2, 0.25) is 6.79 Å². The molecule has 0 radical (unpaired) electrons. The minimum atomic E-state index is 0.220. The van der Waals surface area contributed by atoms with Crippen LogP contribution in [0.15, 0.2) is 30.3 Å². The van der Waals surface area contributed by atoms with Crippen molar-refractivity contribution in [3.05, 3.63) is 52.6 Å². The molecule has 1 unspecified atom stereocenters. The van der Waals surface area contributed by atoms with Gasteiger partial charge in [0.15, 0.2) is 11.5 Å². The third kappa shape index (κ3) is 5.17. The van der Waals surface area contributed by atoms with Gasteiger partial charge in [-0.25, -0.2) is 0 Å². The molecule has 2 aromatic carbocycles. The minimum absolute atomic E-state index is 0.220. The second-order valence-electron chi connectivity index (χ2n) is 9.97. The van der Waals surface area contributed by atoms with Crippen molar-refractivity contribution in [1.82, 2.24) is 9.80 Å². The zero-order chi connectivity index (χ0) is 23.5. The Morgan fingerprint density at radius 2 is 1.88 bits per heavy atom. The van der Waals surface area contributed by atoms with Gasteiger partial charge >= 0.3 is 0 Å². The smallest absolute Gasteiger partial charge is 0.254 e. The Morgan fingerprint density at radius 1 is 1.03 bits per heavy atom. The maximum atomic E-state index is 13.2. The molecule has 6 heteroatoms. The van der Waals surface area contributed by atoms with Gasteiger partial charge in [-0.3, -0.25) is 4.79 Å². The molecular weight excluding hydrogens is 428 g/mol.